The zero-order valence-corrected chi connectivity index (χ0v) is 12.2. The van der Waals surface area contributed by atoms with Crippen LogP contribution in [0.1, 0.15) is 32.1 Å². The molecule has 0 aliphatic carbocycles. The van der Waals surface area contributed by atoms with Crippen LogP contribution in [0.4, 0.5) is 0 Å². The second kappa shape index (κ2) is 6.02. The SMILES string of the molecule is CCNCCC(C)(C)Cc1cc(Br)cs1. The summed E-state index contributed by atoms with van der Waals surface area (Å²) >= 11 is 5.35. The van der Waals surface area contributed by atoms with Gasteiger partial charge in [-0.2, -0.15) is 0 Å². The van der Waals surface area contributed by atoms with Gasteiger partial charge < -0.3 is 5.32 Å². The second-order valence-corrected chi connectivity index (χ2v) is 6.59. The third-order valence-electron chi connectivity index (χ3n) is 2.50. The fraction of sp³-hybridized carbons (Fsp3) is 0.667. The minimum Gasteiger partial charge on any atom is -0.317 e. The van der Waals surface area contributed by atoms with Gasteiger partial charge in [-0.05, 0) is 53.3 Å². The van der Waals surface area contributed by atoms with Gasteiger partial charge >= 0.3 is 0 Å². The summed E-state index contributed by atoms with van der Waals surface area (Å²) in [5.74, 6) is 0. The maximum Gasteiger partial charge on any atom is 0.0285 e. The van der Waals surface area contributed by atoms with Crippen LogP contribution in [-0.2, 0) is 6.42 Å². The first kappa shape index (κ1) is 13.2. The summed E-state index contributed by atoms with van der Waals surface area (Å²) in [4.78, 5) is 1.48. The zero-order chi connectivity index (χ0) is 11.3. The molecule has 1 rings (SSSR count). The first-order valence-electron chi connectivity index (χ1n) is 5.47. The molecule has 0 spiro atoms. The normalized spacial score (nSPS) is 12.0. The fourth-order valence-electron chi connectivity index (χ4n) is 1.61. The summed E-state index contributed by atoms with van der Waals surface area (Å²) in [5, 5.41) is 5.55. The first-order chi connectivity index (χ1) is 7.03. The smallest absolute Gasteiger partial charge is 0.0285 e. The minimum absolute atomic E-state index is 0.395. The molecule has 0 atom stereocenters. The van der Waals surface area contributed by atoms with E-state index in [0.717, 1.165) is 13.1 Å². The largest absolute Gasteiger partial charge is 0.317 e. The molecule has 0 aliphatic rings. The Labute approximate surface area is 105 Å². The Bertz CT molecular complexity index is 294. The molecular weight excluding hydrogens is 270 g/mol. The van der Waals surface area contributed by atoms with Crippen molar-refractivity contribution in [3.05, 3.63) is 20.8 Å². The van der Waals surface area contributed by atoms with Crippen LogP contribution < -0.4 is 5.32 Å². The van der Waals surface area contributed by atoms with Crippen molar-refractivity contribution in [1.29, 1.82) is 0 Å². The van der Waals surface area contributed by atoms with Gasteiger partial charge in [-0.3, -0.25) is 0 Å². The zero-order valence-electron chi connectivity index (χ0n) is 9.77. The Hall–Kier alpha value is 0.140. The standard InChI is InChI=1S/C12H20BrNS/c1-4-14-6-5-12(2,3)8-11-7-10(13)9-15-11/h7,9,14H,4-6,8H2,1-3H3. The lowest BCUT2D eigenvalue weighted by molar-refractivity contribution is 0.329. The lowest BCUT2D eigenvalue weighted by Crippen LogP contribution is -2.23. The third kappa shape index (κ3) is 5.14. The van der Waals surface area contributed by atoms with Gasteiger partial charge in [0.1, 0.15) is 0 Å². The van der Waals surface area contributed by atoms with Crippen LogP contribution in [-0.4, -0.2) is 13.1 Å². The van der Waals surface area contributed by atoms with Crippen LogP contribution in [0.3, 0.4) is 0 Å². The molecule has 3 heteroatoms. The topological polar surface area (TPSA) is 12.0 Å². The third-order valence-corrected chi connectivity index (χ3v) is 4.20. The van der Waals surface area contributed by atoms with Crippen LogP contribution in [0.5, 0.6) is 0 Å². The van der Waals surface area contributed by atoms with Gasteiger partial charge in [-0.15, -0.1) is 11.3 Å². The van der Waals surface area contributed by atoms with Gasteiger partial charge in [0.25, 0.3) is 0 Å². The molecule has 0 saturated heterocycles. The van der Waals surface area contributed by atoms with Gasteiger partial charge in [0.05, 0.1) is 0 Å². The molecule has 86 valence electrons. The molecular formula is C12H20BrNS. The number of rotatable bonds is 6. The van der Waals surface area contributed by atoms with Crippen molar-refractivity contribution in [2.45, 2.75) is 33.6 Å². The maximum atomic E-state index is 3.50. The molecule has 1 nitrogen and oxygen atoms in total. The lowest BCUT2D eigenvalue weighted by atomic mass is 9.85. The molecule has 15 heavy (non-hydrogen) atoms. The quantitative estimate of drug-likeness (QED) is 0.778. The van der Waals surface area contributed by atoms with Gasteiger partial charge in [0, 0.05) is 14.7 Å². The summed E-state index contributed by atoms with van der Waals surface area (Å²) in [7, 11) is 0. The number of thiophene rings is 1. The van der Waals surface area contributed by atoms with Crippen molar-refractivity contribution in [2.75, 3.05) is 13.1 Å². The van der Waals surface area contributed by atoms with Crippen molar-refractivity contribution in [1.82, 2.24) is 5.32 Å². The summed E-state index contributed by atoms with van der Waals surface area (Å²) in [6, 6.07) is 2.24. The summed E-state index contributed by atoms with van der Waals surface area (Å²) in [6.07, 6.45) is 2.41. The molecule has 0 fully saturated rings. The lowest BCUT2D eigenvalue weighted by Gasteiger charge is -2.23. The van der Waals surface area contributed by atoms with Crippen LogP contribution in [0.2, 0.25) is 0 Å². The average molecular weight is 290 g/mol. The molecule has 0 amide bonds. The molecule has 0 radical (unpaired) electrons. The number of hydrogen-bond acceptors (Lipinski definition) is 2. The van der Waals surface area contributed by atoms with Crippen LogP contribution in [0, 0.1) is 5.41 Å². The van der Waals surface area contributed by atoms with Gasteiger partial charge in [0.15, 0.2) is 0 Å². The minimum atomic E-state index is 0.395. The fourth-order valence-corrected chi connectivity index (χ4v) is 3.32. The highest BCUT2D eigenvalue weighted by Gasteiger charge is 2.18. The van der Waals surface area contributed by atoms with E-state index in [-0.39, 0.29) is 0 Å². The highest BCUT2D eigenvalue weighted by atomic mass is 79.9. The predicted octanol–water partition coefficient (Wildman–Crippen LogP) is 4.08. The van der Waals surface area contributed by atoms with Crippen LogP contribution in [0.25, 0.3) is 0 Å². The summed E-state index contributed by atoms with van der Waals surface area (Å²) in [5.41, 5.74) is 0.395. The molecule has 1 N–H and O–H groups in total. The van der Waals surface area contributed by atoms with E-state index < -0.39 is 0 Å². The molecule has 1 heterocycles. The van der Waals surface area contributed by atoms with E-state index in [2.05, 4.69) is 53.5 Å². The Morgan fingerprint density at radius 1 is 1.47 bits per heavy atom. The second-order valence-electron chi connectivity index (χ2n) is 4.68. The predicted molar refractivity (Wildman–Crippen MR) is 72.7 cm³/mol. The van der Waals surface area contributed by atoms with E-state index in [0.29, 0.717) is 5.41 Å². The highest BCUT2D eigenvalue weighted by Crippen LogP contribution is 2.30. The van der Waals surface area contributed by atoms with Gasteiger partial charge in [-0.1, -0.05) is 20.8 Å². The van der Waals surface area contributed by atoms with Crippen molar-refractivity contribution in [2.24, 2.45) is 5.41 Å². The average Bonchev–Trinajstić information content (AvgIpc) is 2.50. The Morgan fingerprint density at radius 3 is 2.73 bits per heavy atom. The van der Waals surface area contributed by atoms with Crippen molar-refractivity contribution < 1.29 is 0 Å². The van der Waals surface area contributed by atoms with E-state index in [1.807, 2.05) is 11.3 Å². The molecule has 1 aromatic heterocycles. The Morgan fingerprint density at radius 2 is 2.20 bits per heavy atom. The maximum absolute atomic E-state index is 3.50. The monoisotopic (exact) mass is 289 g/mol. The molecule has 0 bridgehead atoms. The van der Waals surface area contributed by atoms with E-state index >= 15 is 0 Å². The first-order valence-corrected chi connectivity index (χ1v) is 7.14. The van der Waals surface area contributed by atoms with Crippen LogP contribution in [0.15, 0.2) is 15.9 Å². The van der Waals surface area contributed by atoms with Crippen LogP contribution >= 0.6 is 27.3 Å². The van der Waals surface area contributed by atoms with Gasteiger partial charge in [-0.25, -0.2) is 0 Å². The molecule has 1 aromatic rings. The van der Waals surface area contributed by atoms with Crippen molar-refractivity contribution in [3.8, 4) is 0 Å². The highest BCUT2D eigenvalue weighted by molar-refractivity contribution is 9.10. The Balaban J connectivity index is 2.41. The van der Waals surface area contributed by atoms with Crippen molar-refractivity contribution >= 4 is 27.3 Å². The summed E-state index contributed by atoms with van der Waals surface area (Å²) < 4.78 is 1.21. The van der Waals surface area contributed by atoms with E-state index in [9.17, 15) is 0 Å². The molecule has 0 aliphatic heterocycles. The number of nitrogens with one attached hydrogen (secondary N) is 1. The van der Waals surface area contributed by atoms with Gasteiger partial charge in [0.2, 0.25) is 0 Å². The van der Waals surface area contributed by atoms with E-state index in [1.54, 1.807) is 0 Å². The number of halogens is 1. The van der Waals surface area contributed by atoms with E-state index in [4.69, 9.17) is 0 Å². The van der Waals surface area contributed by atoms with Crippen molar-refractivity contribution in [3.63, 3.8) is 0 Å². The Kier molecular flexibility index (Phi) is 5.30. The molecule has 0 aromatic carbocycles. The molecule has 0 saturated carbocycles. The van der Waals surface area contributed by atoms with E-state index in [1.165, 1.54) is 22.2 Å². The molecule has 0 unspecified atom stereocenters. The summed E-state index contributed by atoms with van der Waals surface area (Å²) in [6.45, 7) is 9.04. The number of hydrogen-bond donors (Lipinski definition) is 1.